The number of amides is 1. The Bertz CT molecular complexity index is 342. The molecule has 1 saturated heterocycles. The Morgan fingerprint density at radius 1 is 1.15 bits per heavy atom. The molecule has 0 radical (unpaired) electrons. The van der Waals surface area contributed by atoms with E-state index in [1.54, 1.807) is 11.9 Å². The number of hydrogen-bond donors (Lipinski definition) is 2. The molecule has 1 rings (SSSR count). The van der Waals surface area contributed by atoms with Crippen molar-refractivity contribution < 1.29 is 9.53 Å². The summed E-state index contributed by atoms with van der Waals surface area (Å²) >= 11 is 0. The van der Waals surface area contributed by atoms with Gasteiger partial charge in [0.05, 0.1) is 13.2 Å². The highest BCUT2D eigenvalue weighted by atomic mass is 16.5. The standard InChI is InChI=1S/C15H27N3O2/c1-13-12-18(2)15(16)17-14(19)10-8-6-4-3-5-7-9-11-20-13/h1,3-12H2,2H3,(H2,16,17,19). The lowest BCUT2D eigenvalue weighted by molar-refractivity contribution is -0.120. The zero-order valence-electron chi connectivity index (χ0n) is 12.5. The van der Waals surface area contributed by atoms with Crippen molar-refractivity contribution in [2.24, 2.45) is 0 Å². The van der Waals surface area contributed by atoms with Crippen LogP contribution in [0.2, 0.25) is 0 Å². The highest BCUT2D eigenvalue weighted by Crippen LogP contribution is 2.10. The van der Waals surface area contributed by atoms with Crippen molar-refractivity contribution >= 4 is 11.9 Å². The number of carbonyl (C=O) groups is 1. The summed E-state index contributed by atoms with van der Waals surface area (Å²) in [4.78, 5) is 13.3. The van der Waals surface area contributed by atoms with E-state index >= 15 is 0 Å². The van der Waals surface area contributed by atoms with Gasteiger partial charge in [-0.3, -0.25) is 15.5 Å². The summed E-state index contributed by atoms with van der Waals surface area (Å²) in [6.45, 7) is 4.96. The first-order chi connectivity index (χ1) is 9.59. The van der Waals surface area contributed by atoms with Crippen LogP contribution in [0.3, 0.4) is 0 Å². The SMILES string of the molecule is C=C1CN(C)C(=N)NC(=O)CCCCCCCCCO1. The number of hydrogen-bond acceptors (Lipinski definition) is 3. The van der Waals surface area contributed by atoms with Gasteiger partial charge in [0.25, 0.3) is 0 Å². The molecule has 1 aliphatic heterocycles. The second-order valence-electron chi connectivity index (χ2n) is 5.36. The van der Waals surface area contributed by atoms with E-state index in [0.29, 0.717) is 25.3 Å². The molecule has 1 amide bonds. The van der Waals surface area contributed by atoms with Crippen LogP contribution in [0, 0.1) is 5.41 Å². The van der Waals surface area contributed by atoms with Crippen LogP contribution < -0.4 is 5.32 Å². The molecule has 0 bridgehead atoms. The monoisotopic (exact) mass is 281 g/mol. The van der Waals surface area contributed by atoms with E-state index < -0.39 is 0 Å². The van der Waals surface area contributed by atoms with Gasteiger partial charge in [0.15, 0.2) is 5.96 Å². The Balaban J connectivity index is 2.45. The Labute approximate surface area is 121 Å². The number of nitrogens with one attached hydrogen (secondary N) is 2. The van der Waals surface area contributed by atoms with E-state index in [1.165, 1.54) is 25.7 Å². The molecule has 0 aromatic carbocycles. The van der Waals surface area contributed by atoms with Gasteiger partial charge in [0.1, 0.15) is 5.76 Å². The van der Waals surface area contributed by atoms with Crippen molar-refractivity contribution in [2.45, 2.75) is 51.4 Å². The molecule has 1 heterocycles. The molecule has 2 N–H and O–H groups in total. The molecule has 0 aromatic heterocycles. The average molecular weight is 281 g/mol. The summed E-state index contributed by atoms with van der Waals surface area (Å²) in [7, 11) is 1.75. The molecule has 5 heteroatoms. The number of carbonyl (C=O) groups excluding carboxylic acids is 1. The molecular weight excluding hydrogens is 254 g/mol. The predicted octanol–water partition coefficient (Wildman–Crippen LogP) is 2.63. The van der Waals surface area contributed by atoms with Gasteiger partial charge in [-0.15, -0.1) is 0 Å². The molecule has 20 heavy (non-hydrogen) atoms. The molecule has 5 nitrogen and oxygen atoms in total. The van der Waals surface area contributed by atoms with Gasteiger partial charge in [-0.25, -0.2) is 0 Å². The van der Waals surface area contributed by atoms with Gasteiger partial charge in [0, 0.05) is 13.5 Å². The Morgan fingerprint density at radius 3 is 2.45 bits per heavy atom. The molecule has 0 spiro atoms. The van der Waals surface area contributed by atoms with Gasteiger partial charge >= 0.3 is 0 Å². The van der Waals surface area contributed by atoms with Crippen LogP contribution in [0.5, 0.6) is 0 Å². The second kappa shape index (κ2) is 9.39. The van der Waals surface area contributed by atoms with Crippen molar-refractivity contribution in [2.75, 3.05) is 20.2 Å². The van der Waals surface area contributed by atoms with E-state index in [-0.39, 0.29) is 11.9 Å². The fourth-order valence-corrected chi connectivity index (χ4v) is 2.17. The molecule has 1 fully saturated rings. The molecule has 0 unspecified atom stereocenters. The van der Waals surface area contributed by atoms with E-state index in [2.05, 4.69) is 11.9 Å². The third-order valence-electron chi connectivity index (χ3n) is 3.41. The minimum Gasteiger partial charge on any atom is -0.497 e. The number of ether oxygens (including phenoxy) is 1. The largest absolute Gasteiger partial charge is 0.497 e. The molecule has 0 saturated carbocycles. The minimum absolute atomic E-state index is 0.0829. The van der Waals surface area contributed by atoms with Crippen LogP contribution in [-0.2, 0) is 9.53 Å². The van der Waals surface area contributed by atoms with Gasteiger partial charge in [-0.2, -0.15) is 0 Å². The molecular formula is C15H27N3O2. The summed E-state index contributed by atoms with van der Waals surface area (Å²) < 4.78 is 5.54. The number of nitrogens with zero attached hydrogens (tertiary/aromatic N) is 1. The van der Waals surface area contributed by atoms with Gasteiger partial charge in [-0.1, -0.05) is 38.7 Å². The van der Waals surface area contributed by atoms with E-state index in [0.717, 1.165) is 19.3 Å². The third-order valence-corrected chi connectivity index (χ3v) is 3.41. The molecule has 0 aliphatic carbocycles. The highest BCUT2D eigenvalue weighted by Gasteiger charge is 2.10. The van der Waals surface area contributed by atoms with Crippen LogP contribution >= 0.6 is 0 Å². The smallest absolute Gasteiger partial charge is 0.226 e. The van der Waals surface area contributed by atoms with Crippen LogP contribution in [0.15, 0.2) is 12.3 Å². The first-order valence-electron chi connectivity index (χ1n) is 7.49. The van der Waals surface area contributed by atoms with Gasteiger partial charge in [-0.05, 0) is 12.8 Å². The van der Waals surface area contributed by atoms with Crippen molar-refractivity contribution in [1.82, 2.24) is 10.2 Å². The van der Waals surface area contributed by atoms with E-state index in [9.17, 15) is 4.79 Å². The van der Waals surface area contributed by atoms with Gasteiger partial charge < -0.3 is 9.64 Å². The molecule has 0 aromatic rings. The van der Waals surface area contributed by atoms with Gasteiger partial charge in [0.2, 0.25) is 5.91 Å². The summed E-state index contributed by atoms with van der Waals surface area (Å²) in [5, 5.41) is 10.4. The van der Waals surface area contributed by atoms with Crippen molar-refractivity contribution in [3.8, 4) is 0 Å². The van der Waals surface area contributed by atoms with E-state index in [1.807, 2.05) is 0 Å². The normalized spacial score (nSPS) is 21.2. The minimum atomic E-state index is -0.0829. The lowest BCUT2D eigenvalue weighted by atomic mass is 10.1. The summed E-state index contributed by atoms with van der Waals surface area (Å²) in [6, 6.07) is 0. The second-order valence-corrected chi connectivity index (χ2v) is 5.36. The van der Waals surface area contributed by atoms with Crippen LogP contribution in [0.4, 0.5) is 0 Å². The fourth-order valence-electron chi connectivity index (χ4n) is 2.17. The molecule has 1 aliphatic rings. The zero-order valence-corrected chi connectivity index (χ0v) is 12.5. The van der Waals surface area contributed by atoms with Crippen molar-refractivity contribution in [3.63, 3.8) is 0 Å². The third kappa shape index (κ3) is 7.16. The topological polar surface area (TPSA) is 65.4 Å². The predicted molar refractivity (Wildman–Crippen MR) is 80.5 cm³/mol. The summed E-state index contributed by atoms with van der Waals surface area (Å²) in [5.74, 6) is 0.658. The number of likely N-dealkylation sites (N-methyl/N-ethyl adjacent to an activating group) is 1. The summed E-state index contributed by atoms with van der Waals surface area (Å²) in [6.07, 6.45) is 8.35. The Hall–Kier alpha value is -1.52. The van der Waals surface area contributed by atoms with Crippen molar-refractivity contribution in [1.29, 1.82) is 5.41 Å². The zero-order chi connectivity index (χ0) is 14.8. The first-order valence-corrected chi connectivity index (χ1v) is 7.49. The lowest BCUT2D eigenvalue weighted by Gasteiger charge is -2.21. The fraction of sp³-hybridized carbons (Fsp3) is 0.733. The maximum Gasteiger partial charge on any atom is 0.226 e. The van der Waals surface area contributed by atoms with E-state index in [4.69, 9.17) is 10.1 Å². The number of guanidine groups is 1. The van der Waals surface area contributed by atoms with Crippen molar-refractivity contribution in [3.05, 3.63) is 12.3 Å². The quantitative estimate of drug-likeness (QED) is 0.717. The lowest BCUT2D eigenvalue weighted by Crippen LogP contribution is -2.42. The van der Waals surface area contributed by atoms with Crippen LogP contribution in [0.25, 0.3) is 0 Å². The Kier molecular flexibility index (Phi) is 7.77. The Morgan fingerprint density at radius 2 is 1.75 bits per heavy atom. The summed E-state index contributed by atoms with van der Waals surface area (Å²) in [5.41, 5.74) is 0. The molecule has 0 atom stereocenters. The maximum atomic E-state index is 11.7. The molecule has 114 valence electrons. The van der Waals surface area contributed by atoms with Crippen LogP contribution in [0.1, 0.15) is 51.4 Å². The number of rotatable bonds is 0. The van der Waals surface area contributed by atoms with Crippen LogP contribution in [-0.4, -0.2) is 37.0 Å². The average Bonchev–Trinajstić information content (AvgIpc) is 2.39. The first kappa shape index (κ1) is 16.5. The maximum absolute atomic E-state index is 11.7. The highest BCUT2D eigenvalue weighted by molar-refractivity contribution is 5.95.